The summed E-state index contributed by atoms with van der Waals surface area (Å²) in [7, 11) is -3.08. The van der Waals surface area contributed by atoms with E-state index in [0.29, 0.717) is 44.6 Å². The Morgan fingerprint density at radius 3 is 2.50 bits per heavy atom. The maximum absolute atomic E-state index is 12.2. The molecule has 0 radical (unpaired) electrons. The zero-order valence-corrected chi connectivity index (χ0v) is 19.2. The number of guanidine groups is 1. The highest BCUT2D eigenvalue weighted by Crippen LogP contribution is 2.23. The summed E-state index contributed by atoms with van der Waals surface area (Å²) >= 11 is 0. The molecule has 0 aromatic carbocycles. The monoisotopic (exact) mass is 500 g/mol. The van der Waals surface area contributed by atoms with E-state index in [9.17, 15) is 13.2 Å². The molecule has 2 fully saturated rings. The smallest absolute Gasteiger partial charge is 0.222 e. The van der Waals surface area contributed by atoms with E-state index in [-0.39, 0.29) is 35.6 Å². The molecule has 9 heteroatoms. The summed E-state index contributed by atoms with van der Waals surface area (Å²) in [5.74, 6) is 0.874. The molecule has 1 saturated carbocycles. The molecular weight excluding hydrogens is 467 g/mol. The fourth-order valence-corrected chi connectivity index (χ4v) is 4.75. The molecule has 7 nitrogen and oxygen atoms in total. The van der Waals surface area contributed by atoms with Crippen LogP contribution in [0.5, 0.6) is 0 Å². The highest BCUT2D eigenvalue weighted by atomic mass is 127. The fourth-order valence-electron chi connectivity index (χ4n) is 3.38. The second-order valence-electron chi connectivity index (χ2n) is 7.53. The third kappa shape index (κ3) is 6.24. The Kier molecular flexibility index (Phi) is 9.11. The molecule has 2 N–H and O–H groups in total. The number of amides is 1. The predicted octanol–water partition coefficient (Wildman–Crippen LogP) is 1.53. The van der Waals surface area contributed by atoms with Gasteiger partial charge in [0.15, 0.2) is 15.8 Å². The number of carbonyl (C=O) groups excluding carboxylic acids is 1. The summed E-state index contributed by atoms with van der Waals surface area (Å²) in [6, 6.07) is 0.331. The van der Waals surface area contributed by atoms with E-state index in [1.807, 2.05) is 11.8 Å². The van der Waals surface area contributed by atoms with Crippen molar-refractivity contribution in [2.24, 2.45) is 4.99 Å². The van der Waals surface area contributed by atoms with Crippen LogP contribution in [0.25, 0.3) is 0 Å². The van der Waals surface area contributed by atoms with Crippen LogP contribution >= 0.6 is 24.0 Å². The minimum atomic E-state index is -3.08. The Labute approximate surface area is 174 Å². The van der Waals surface area contributed by atoms with Crippen LogP contribution in [0.4, 0.5) is 0 Å². The van der Waals surface area contributed by atoms with Gasteiger partial charge in [-0.25, -0.2) is 8.42 Å². The molecule has 1 saturated heterocycles. The third-order valence-electron chi connectivity index (χ3n) is 5.00. The minimum absolute atomic E-state index is 0. The normalized spacial score (nSPS) is 22.6. The van der Waals surface area contributed by atoms with Gasteiger partial charge in [-0.1, -0.05) is 12.8 Å². The van der Waals surface area contributed by atoms with Gasteiger partial charge < -0.3 is 15.5 Å². The standard InChI is InChI=1S/C17H32N4O3S.HI/c1-4-18-16(21-11-12-25(23,24)17(2,3)13-21)19-10-9-15(22)20-14-7-5-6-8-14;/h14H,4-13H2,1-3H3,(H,18,19)(H,20,22);1H. The summed E-state index contributed by atoms with van der Waals surface area (Å²) < 4.78 is 23.5. The number of rotatable bonds is 5. The van der Waals surface area contributed by atoms with Gasteiger partial charge in [0.25, 0.3) is 0 Å². The SMILES string of the molecule is CCNC(=NCCC(=O)NC1CCCC1)N1CCS(=O)(=O)C(C)(C)C1.I. The summed E-state index contributed by atoms with van der Waals surface area (Å²) in [4.78, 5) is 18.5. The van der Waals surface area contributed by atoms with Crippen molar-refractivity contribution >= 4 is 45.7 Å². The van der Waals surface area contributed by atoms with Crippen LogP contribution in [0.3, 0.4) is 0 Å². The van der Waals surface area contributed by atoms with Gasteiger partial charge in [0.1, 0.15) is 0 Å². The number of aliphatic imine (C=N–C) groups is 1. The van der Waals surface area contributed by atoms with E-state index < -0.39 is 14.6 Å². The topological polar surface area (TPSA) is 90.9 Å². The van der Waals surface area contributed by atoms with Crippen molar-refractivity contribution in [1.82, 2.24) is 15.5 Å². The van der Waals surface area contributed by atoms with Crippen molar-refractivity contribution in [2.45, 2.75) is 63.7 Å². The molecule has 1 heterocycles. The Morgan fingerprint density at radius 1 is 1.27 bits per heavy atom. The highest BCUT2D eigenvalue weighted by molar-refractivity contribution is 14.0. The third-order valence-corrected chi connectivity index (χ3v) is 7.53. The van der Waals surface area contributed by atoms with E-state index in [2.05, 4.69) is 15.6 Å². The van der Waals surface area contributed by atoms with Gasteiger partial charge >= 0.3 is 0 Å². The molecule has 0 spiro atoms. The van der Waals surface area contributed by atoms with Crippen LogP contribution in [0.2, 0.25) is 0 Å². The molecule has 1 aliphatic heterocycles. The van der Waals surface area contributed by atoms with E-state index in [0.717, 1.165) is 12.8 Å². The molecule has 0 aromatic heterocycles. The summed E-state index contributed by atoms with van der Waals surface area (Å²) in [6.07, 6.45) is 4.91. The number of nitrogens with zero attached hydrogens (tertiary/aromatic N) is 2. The van der Waals surface area contributed by atoms with E-state index >= 15 is 0 Å². The minimum Gasteiger partial charge on any atom is -0.357 e. The number of sulfone groups is 1. The molecule has 0 atom stereocenters. The number of hydrogen-bond acceptors (Lipinski definition) is 4. The van der Waals surface area contributed by atoms with Crippen LogP contribution in [0.1, 0.15) is 52.9 Å². The van der Waals surface area contributed by atoms with Crippen molar-refractivity contribution in [2.75, 3.05) is 31.9 Å². The highest BCUT2D eigenvalue weighted by Gasteiger charge is 2.40. The van der Waals surface area contributed by atoms with Gasteiger partial charge in [-0.2, -0.15) is 0 Å². The Hall–Kier alpha value is -0.580. The van der Waals surface area contributed by atoms with Gasteiger partial charge in [0, 0.05) is 32.1 Å². The molecule has 1 aliphatic carbocycles. The average Bonchev–Trinajstić information content (AvgIpc) is 3.02. The van der Waals surface area contributed by atoms with Crippen LogP contribution in [-0.4, -0.2) is 67.9 Å². The molecule has 0 bridgehead atoms. The van der Waals surface area contributed by atoms with E-state index in [1.165, 1.54) is 12.8 Å². The van der Waals surface area contributed by atoms with Crippen molar-refractivity contribution < 1.29 is 13.2 Å². The Balaban J connectivity index is 0.00000338. The van der Waals surface area contributed by atoms with Gasteiger partial charge in [0.05, 0.1) is 17.0 Å². The lowest BCUT2D eigenvalue weighted by atomic mass is 10.2. The van der Waals surface area contributed by atoms with Gasteiger partial charge in [-0.15, -0.1) is 24.0 Å². The van der Waals surface area contributed by atoms with Crippen molar-refractivity contribution in [3.63, 3.8) is 0 Å². The lowest BCUT2D eigenvalue weighted by Crippen LogP contribution is -2.57. The Bertz CT molecular complexity index is 601. The average molecular weight is 500 g/mol. The van der Waals surface area contributed by atoms with Crippen molar-refractivity contribution in [3.8, 4) is 0 Å². The summed E-state index contributed by atoms with van der Waals surface area (Å²) in [6.45, 7) is 7.46. The molecular formula is C17H33IN4O3S. The van der Waals surface area contributed by atoms with E-state index in [1.54, 1.807) is 13.8 Å². The second-order valence-corrected chi connectivity index (χ2v) is 10.3. The van der Waals surface area contributed by atoms with Gasteiger partial charge in [0.2, 0.25) is 5.91 Å². The maximum atomic E-state index is 12.2. The first-order chi connectivity index (χ1) is 11.7. The number of nitrogens with one attached hydrogen (secondary N) is 2. The second kappa shape index (κ2) is 10.1. The first-order valence-electron chi connectivity index (χ1n) is 9.30. The molecule has 2 aliphatic rings. The van der Waals surface area contributed by atoms with Crippen LogP contribution < -0.4 is 10.6 Å². The fraction of sp³-hybridized carbons (Fsp3) is 0.882. The lowest BCUT2D eigenvalue weighted by Gasteiger charge is -2.39. The Morgan fingerprint density at radius 2 is 1.92 bits per heavy atom. The summed E-state index contributed by atoms with van der Waals surface area (Å²) in [5, 5.41) is 6.28. The molecule has 1 amide bonds. The first-order valence-corrected chi connectivity index (χ1v) is 11.0. The molecule has 152 valence electrons. The number of carbonyl (C=O) groups is 1. The maximum Gasteiger partial charge on any atom is 0.222 e. The van der Waals surface area contributed by atoms with Crippen LogP contribution in [-0.2, 0) is 14.6 Å². The number of halogens is 1. The van der Waals surface area contributed by atoms with Crippen LogP contribution in [0.15, 0.2) is 4.99 Å². The van der Waals surface area contributed by atoms with Crippen molar-refractivity contribution in [3.05, 3.63) is 0 Å². The zero-order valence-electron chi connectivity index (χ0n) is 16.1. The van der Waals surface area contributed by atoms with Crippen molar-refractivity contribution in [1.29, 1.82) is 0 Å². The lowest BCUT2D eigenvalue weighted by molar-refractivity contribution is -0.121. The predicted molar refractivity (Wildman–Crippen MR) is 116 cm³/mol. The first kappa shape index (κ1) is 23.5. The van der Waals surface area contributed by atoms with E-state index in [4.69, 9.17) is 0 Å². The number of hydrogen-bond donors (Lipinski definition) is 2. The molecule has 0 unspecified atom stereocenters. The molecule has 26 heavy (non-hydrogen) atoms. The quantitative estimate of drug-likeness (QED) is 0.340. The largest absolute Gasteiger partial charge is 0.357 e. The van der Waals surface area contributed by atoms with Crippen LogP contribution in [0, 0.1) is 0 Å². The van der Waals surface area contributed by atoms with Gasteiger partial charge in [-0.05, 0) is 33.6 Å². The molecule has 2 rings (SSSR count). The zero-order chi connectivity index (χ0) is 18.5. The summed E-state index contributed by atoms with van der Waals surface area (Å²) in [5.41, 5.74) is 0. The van der Waals surface area contributed by atoms with Gasteiger partial charge in [-0.3, -0.25) is 9.79 Å². The molecule has 0 aromatic rings.